The van der Waals surface area contributed by atoms with Gasteiger partial charge in [0.2, 0.25) is 0 Å². The Morgan fingerprint density at radius 3 is 3.00 bits per heavy atom. The third-order valence-corrected chi connectivity index (χ3v) is 4.49. The first kappa shape index (κ1) is 8.25. The van der Waals surface area contributed by atoms with Crippen molar-refractivity contribution in [3.8, 4) is 0 Å². The number of nitrogens with zero attached hydrogens (tertiary/aromatic N) is 1. The average molecular weight is 181 g/mol. The van der Waals surface area contributed by atoms with Gasteiger partial charge in [-0.1, -0.05) is 0 Å². The van der Waals surface area contributed by atoms with Crippen LogP contribution in [0.15, 0.2) is 0 Å². The molecule has 0 aromatic carbocycles. The molecule has 1 N–H and O–H groups in total. The second-order valence-corrected chi connectivity index (χ2v) is 5.04. The summed E-state index contributed by atoms with van der Waals surface area (Å²) in [5.41, 5.74) is 0. The van der Waals surface area contributed by atoms with Crippen LogP contribution in [0, 0.1) is 11.8 Å². The Bertz CT molecular complexity index is 204. The summed E-state index contributed by atoms with van der Waals surface area (Å²) in [6.45, 7) is 1.73. The third-order valence-electron chi connectivity index (χ3n) is 4.49. The van der Waals surface area contributed by atoms with Gasteiger partial charge in [0.05, 0.1) is 0 Å². The van der Waals surface area contributed by atoms with Crippen molar-refractivity contribution in [2.45, 2.75) is 44.2 Å². The number of hydrogen-bond acceptors (Lipinski definition) is 2. The molecule has 0 aliphatic carbocycles. The van der Waals surface area contributed by atoms with Crippen molar-refractivity contribution in [1.82, 2.24) is 4.90 Å². The van der Waals surface area contributed by atoms with Crippen molar-refractivity contribution < 1.29 is 5.11 Å². The van der Waals surface area contributed by atoms with E-state index in [1.165, 1.54) is 38.6 Å². The number of aliphatic hydroxyl groups excluding tert-OH is 1. The minimum absolute atomic E-state index is 0.421. The first-order chi connectivity index (χ1) is 6.40. The van der Waals surface area contributed by atoms with E-state index in [-0.39, 0.29) is 0 Å². The molecule has 0 aromatic rings. The molecule has 74 valence electrons. The van der Waals surface area contributed by atoms with E-state index in [1.54, 1.807) is 0 Å². The fraction of sp³-hybridized carbons (Fsp3) is 1.00. The SMILES string of the molecule is OC[C@@H]1CC[C@H]2C[C@H]3CCCN2[C@@H]13. The molecule has 4 bridgehead atoms. The van der Waals surface area contributed by atoms with E-state index < -0.39 is 0 Å². The van der Waals surface area contributed by atoms with Crippen LogP contribution in [0.25, 0.3) is 0 Å². The van der Waals surface area contributed by atoms with Crippen LogP contribution in [0.2, 0.25) is 0 Å². The highest BCUT2D eigenvalue weighted by Crippen LogP contribution is 2.47. The van der Waals surface area contributed by atoms with E-state index in [4.69, 9.17) is 0 Å². The van der Waals surface area contributed by atoms with Crippen molar-refractivity contribution in [1.29, 1.82) is 0 Å². The molecule has 0 amide bonds. The molecule has 5 atom stereocenters. The van der Waals surface area contributed by atoms with Crippen LogP contribution in [0.3, 0.4) is 0 Å². The second-order valence-electron chi connectivity index (χ2n) is 5.04. The van der Waals surface area contributed by atoms with E-state index in [1.807, 2.05) is 0 Å². The Labute approximate surface area is 79.9 Å². The number of hydrogen-bond donors (Lipinski definition) is 1. The Hall–Kier alpha value is -0.0800. The van der Waals surface area contributed by atoms with Crippen molar-refractivity contribution in [2.24, 2.45) is 11.8 Å². The molecule has 2 nitrogen and oxygen atoms in total. The monoisotopic (exact) mass is 181 g/mol. The van der Waals surface area contributed by atoms with Crippen LogP contribution in [-0.2, 0) is 0 Å². The fourth-order valence-electron chi connectivity index (χ4n) is 4.01. The highest BCUT2D eigenvalue weighted by Gasteiger charge is 2.49. The smallest absolute Gasteiger partial charge is 0.0474 e. The Kier molecular flexibility index (Phi) is 1.88. The summed E-state index contributed by atoms with van der Waals surface area (Å²) >= 11 is 0. The molecule has 0 radical (unpaired) electrons. The Morgan fingerprint density at radius 1 is 1.23 bits per heavy atom. The minimum atomic E-state index is 0.421. The van der Waals surface area contributed by atoms with Crippen molar-refractivity contribution in [2.75, 3.05) is 13.2 Å². The fourth-order valence-corrected chi connectivity index (χ4v) is 4.01. The molecule has 3 aliphatic rings. The maximum absolute atomic E-state index is 9.34. The molecule has 13 heavy (non-hydrogen) atoms. The van der Waals surface area contributed by atoms with Crippen LogP contribution < -0.4 is 0 Å². The third kappa shape index (κ3) is 1.08. The van der Waals surface area contributed by atoms with Gasteiger partial charge in [0.25, 0.3) is 0 Å². The van der Waals surface area contributed by atoms with Gasteiger partial charge in [-0.05, 0) is 50.5 Å². The van der Waals surface area contributed by atoms with Gasteiger partial charge >= 0.3 is 0 Å². The maximum atomic E-state index is 9.34. The predicted molar refractivity (Wildman–Crippen MR) is 51.4 cm³/mol. The van der Waals surface area contributed by atoms with Gasteiger partial charge < -0.3 is 5.11 Å². The molecular formula is C11H19NO. The molecule has 2 heteroatoms. The van der Waals surface area contributed by atoms with Gasteiger partial charge in [0.15, 0.2) is 0 Å². The van der Waals surface area contributed by atoms with E-state index in [0.717, 1.165) is 18.0 Å². The molecule has 3 fully saturated rings. The van der Waals surface area contributed by atoms with E-state index in [2.05, 4.69) is 4.90 Å². The van der Waals surface area contributed by atoms with Gasteiger partial charge in [0, 0.05) is 18.7 Å². The molecular weight excluding hydrogens is 162 g/mol. The van der Waals surface area contributed by atoms with Crippen LogP contribution in [0.5, 0.6) is 0 Å². The van der Waals surface area contributed by atoms with Crippen LogP contribution >= 0.6 is 0 Å². The van der Waals surface area contributed by atoms with Crippen molar-refractivity contribution in [3.05, 3.63) is 0 Å². The van der Waals surface area contributed by atoms with Crippen LogP contribution in [0.4, 0.5) is 0 Å². The van der Waals surface area contributed by atoms with Crippen LogP contribution in [0.1, 0.15) is 32.1 Å². The molecule has 3 aliphatic heterocycles. The van der Waals surface area contributed by atoms with Gasteiger partial charge in [0.1, 0.15) is 0 Å². The minimum Gasteiger partial charge on any atom is -0.396 e. The number of piperidine rings is 2. The van der Waals surface area contributed by atoms with E-state index in [9.17, 15) is 5.11 Å². The summed E-state index contributed by atoms with van der Waals surface area (Å²) in [7, 11) is 0. The quantitative estimate of drug-likeness (QED) is 0.658. The standard InChI is InChI=1S/C11H19NO/c13-7-9-3-4-10-6-8-2-1-5-12(10)11(8)9/h8-11,13H,1-7H2/t8-,9+,10+,11-/m1/s1. The summed E-state index contributed by atoms with van der Waals surface area (Å²) in [5, 5.41) is 9.34. The molecule has 0 saturated carbocycles. The van der Waals surface area contributed by atoms with Gasteiger partial charge in [-0.15, -0.1) is 0 Å². The van der Waals surface area contributed by atoms with E-state index >= 15 is 0 Å². The van der Waals surface area contributed by atoms with Crippen molar-refractivity contribution >= 4 is 0 Å². The maximum Gasteiger partial charge on any atom is 0.0474 e. The summed E-state index contributed by atoms with van der Waals surface area (Å²) < 4.78 is 0. The summed E-state index contributed by atoms with van der Waals surface area (Å²) in [6, 6.07) is 1.65. The zero-order chi connectivity index (χ0) is 8.84. The summed E-state index contributed by atoms with van der Waals surface area (Å²) in [5.74, 6) is 1.53. The lowest BCUT2D eigenvalue weighted by Crippen LogP contribution is -2.49. The predicted octanol–water partition coefficient (Wildman–Crippen LogP) is 1.24. The lowest BCUT2D eigenvalue weighted by atomic mass is 9.82. The average Bonchev–Trinajstić information content (AvgIpc) is 2.39. The first-order valence-electron chi connectivity index (χ1n) is 5.77. The largest absolute Gasteiger partial charge is 0.396 e. The number of rotatable bonds is 1. The molecule has 1 unspecified atom stereocenters. The molecule has 3 heterocycles. The second kappa shape index (κ2) is 2.96. The highest BCUT2D eigenvalue weighted by atomic mass is 16.3. The van der Waals surface area contributed by atoms with Crippen LogP contribution in [-0.4, -0.2) is 35.2 Å². The Morgan fingerprint density at radius 2 is 2.15 bits per heavy atom. The highest BCUT2D eigenvalue weighted by molar-refractivity contribution is 5.03. The topological polar surface area (TPSA) is 23.5 Å². The molecule has 0 spiro atoms. The summed E-state index contributed by atoms with van der Waals surface area (Å²) in [4.78, 5) is 2.71. The zero-order valence-corrected chi connectivity index (χ0v) is 8.15. The van der Waals surface area contributed by atoms with Crippen molar-refractivity contribution in [3.63, 3.8) is 0 Å². The van der Waals surface area contributed by atoms with Gasteiger partial charge in [-0.2, -0.15) is 0 Å². The number of aliphatic hydroxyl groups is 1. The molecule has 0 aromatic heterocycles. The van der Waals surface area contributed by atoms with Gasteiger partial charge in [-0.3, -0.25) is 4.90 Å². The summed E-state index contributed by atoms with van der Waals surface area (Å²) in [6.07, 6.45) is 6.88. The van der Waals surface area contributed by atoms with Gasteiger partial charge in [-0.25, -0.2) is 0 Å². The van der Waals surface area contributed by atoms with E-state index in [0.29, 0.717) is 12.5 Å². The lowest BCUT2D eigenvalue weighted by Gasteiger charge is -2.43. The molecule has 3 rings (SSSR count). The first-order valence-corrected chi connectivity index (χ1v) is 5.77. The Balaban J connectivity index is 1.87. The normalized spacial score (nSPS) is 53.8. The zero-order valence-electron chi connectivity index (χ0n) is 8.15. The lowest BCUT2D eigenvalue weighted by molar-refractivity contribution is 0.0258. The molecule has 3 saturated heterocycles.